The summed E-state index contributed by atoms with van der Waals surface area (Å²) in [5.74, 6) is -0.0153. The van der Waals surface area contributed by atoms with Crippen LogP contribution >= 0.6 is 0 Å². The summed E-state index contributed by atoms with van der Waals surface area (Å²) in [6.45, 7) is 1.90. The highest BCUT2D eigenvalue weighted by Crippen LogP contribution is 2.17. The van der Waals surface area contributed by atoms with Crippen LogP contribution < -0.4 is 4.73 Å². The van der Waals surface area contributed by atoms with E-state index in [0.29, 0.717) is 16.6 Å². The van der Waals surface area contributed by atoms with E-state index in [9.17, 15) is 10.0 Å². The number of nitrogens with zero attached hydrogens (tertiary/aromatic N) is 1. The molecule has 0 fully saturated rings. The van der Waals surface area contributed by atoms with Gasteiger partial charge in [0, 0.05) is 27.5 Å². The second kappa shape index (κ2) is 4.78. The Labute approximate surface area is 116 Å². The van der Waals surface area contributed by atoms with Crippen molar-refractivity contribution in [3.63, 3.8) is 0 Å². The molecule has 1 N–H and O–H groups in total. The number of hydrogen-bond donors (Lipinski definition) is 1. The van der Waals surface area contributed by atoms with Crippen LogP contribution in [0.4, 0.5) is 0 Å². The van der Waals surface area contributed by atoms with E-state index in [-0.39, 0.29) is 5.78 Å². The number of fused-ring (bicyclic) bond motifs is 1. The summed E-state index contributed by atoms with van der Waals surface area (Å²) >= 11 is 0. The topological polar surface area (TPSA) is 41.2 Å². The summed E-state index contributed by atoms with van der Waals surface area (Å²) in [5, 5.41) is 10.7. The third-order valence-corrected chi connectivity index (χ3v) is 3.28. The van der Waals surface area contributed by atoms with Gasteiger partial charge in [-0.3, -0.25) is 10.0 Å². The molecule has 0 aliphatic carbocycles. The summed E-state index contributed by atoms with van der Waals surface area (Å²) in [6, 6.07) is 16.4. The fourth-order valence-electron chi connectivity index (χ4n) is 2.32. The molecule has 0 radical (unpaired) electrons. The third-order valence-electron chi connectivity index (χ3n) is 3.28. The Kier molecular flexibility index (Phi) is 2.95. The van der Waals surface area contributed by atoms with Crippen LogP contribution in [0.5, 0.6) is 0 Å². The van der Waals surface area contributed by atoms with Gasteiger partial charge in [0.15, 0.2) is 5.78 Å². The first-order valence-electron chi connectivity index (χ1n) is 6.40. The molecule has 0 aliphatic rings. The number of rotatable bonds is 2. The molecule has 0 aliphatic heterocycles. The molecule has 1 heterocycles. The van der Waals surface area contributed by atoms with Gasteiger partial charge in [0.25, 0.3) is 5.52 Å². The molecule has 1 aromatic heterocycles. The number of aromatic nitrogens is 1. The first kappa shape index (κ1) is 12.4. The van der Waals surface area contributed by atoms with E-state index < -0.39 is 0 Å². The molecule has 0 bridgehead atoms. The zero-order chi connectivity index (χ0) is 14.1. The number of pyridine rings is 1. The lowest BCUT2D eigenvalue weighted by atomic mass is 10.0. The van der Waals surface area contributed by atoms with Crippen LogP contribution in [0.3, 0.4) is 0 Å². The van der Waals surface area contributed by atoms with Crippen molar-refractivity contribution in [1.82, 2.24) is 0 Å². The Balaban J connectivity index is 2.12. The van der Waals surface area contributed by atoms with E-state index in [2.05, 4.69) is 0 Å². The minimum Gasteiger partial charge on any atom is -0.289 e. The standard InChI is InChI=1S/C17H14NO2/c1-12-9-15-10-14(7-8-16(15)18(20)11-12)17(19)13-5-3-2-4-6-13/h2-11,20H,1H3/q+1. The number of benzene rings is 2. The normalized spacial score (nSPS) is 10.7. The highest BCUT2D eigenvalue weighted by atomic mass is 16.5. The Morgan fingerprint density at radius 1 is 1.00 bits per heavy atom. The molecule has 20 heavy (non-hydrogen) atoms. The quantitative estimate of drug-likeness (QED) is 0.439. The first-order chi connectivity index (χ1) is 9.65. The molecule has 0 atom stereocenters. The van der Waals surface area contributed by atoms with Gasteiger partial charge >= 0.3 is 0 Å². The smallest absolute Gasteiger partial charge is 0.264 e. The van der Waals surface area contributed by atoms with Gasteiger partial charge in [-0.05, 0) is 25.1 Å². The van der Waals surface area contributed by atoms with Gasteiger partial charge < -0.3 is 0 Å². The molecule has 3 heteroatoms. The monoisotopic (exact) mass is 264 g/mol. The Morgan fingerprint density at radius 3 is 2.50 bits per heavy atom. The fourth-order valence-corrected chi connectivity index (χ4v) is 2.32. The van der Waals surface area contributed by atoms with Crippen LogP contribution in [-0.4, -0.2) is 11.0 Å². The van der Waals surface area contributed by atoms with Gasteiger partial charge in [-0.25, -0.2) is 0 Å². The van der Waals surface area contributed by atoms with E-state index in [1.165, 1.54) is 0 Å². The highest BCUT2D eigenvalue weighted by Gasteiger charge is 2.14. The zero-order valence-corrected chi connectivity index (χ0v) is 11.1. The van der Waals surface area contributed by atoms with E-state index in [4.69, 9.17) is 0 Å². The number of hydrogen-bond acceptors (Lipinski definition) is 2. The van der Waals surface area contributed by atoms with Gasteiger partial charge in [0.1, 0.15) is 0 Å². The minimum absolute atomic E-state index is 0.0153. The van der Waals surface area contributed by atoms with Crippen LogP contribution in [0.25, 0.3) is 10.9 Å². The van der Waals surface area contributed by atoms with Crippen LogP contribution in [0.1, 0.15) is 21.5 Å². The second-order valence-corrected chi connectivity index (χ2v) is 4.83. The van der Waals surface area contributed by atoms with Gasteiger partial charge in [-0.2, -0.15) is 0 Å². The molecule has 2 aromatic carbocycles. The summed E-state index contributed by atoms with van der Waals surface area (Å²) in [7, 11) is 0. The molecule has 3 rings (SSSR count). The lowest BCUT2D eigenvalue weighted by molar-refractivity contribution is -0.884. The maximum Gasteiger partial charge on any atom is 0.264 e. The molecule has 0 saturated heterocycles. The van der Waals surface area contributed by atoms with Crippen molar-refractivity contribution in [2.75, 3.05) is 0 Å². The van der Waals surface area contributed by atoms with Gasteiger partial charge in [-0.1, -0.05) is 30.3 Å². The van der Waals surface area contributed by atoms with Crippen molar-refractivity contribution in [2.24, 2.45) is 0 Å². The molecule has 0 amide bonds. The lowest BCUT2D eigenvalue weighted by Gasteiger charge is -2.02. The molecule has 0 spiro atoms. The van der Waals surface area contributed by atoms with Crippen molar-refractivity contribution in [3.8, 4) is 0 Å². The number of carbonyl (C=O) groups excluding carboxylic acids is 1. The Morgan fingerprint density at radius 2 is 1.75 bits per heavy atom. The molecule has 3 nitrogen and oxygen atoms in total. The van der Waals surface area contributed by atoms with Crippen molar-refractivity contribution >= 4 is 16.7 Å². The predicted molar refractivity (Wildman–Crippen MR) is 75.9 cm³/mol. The average molecular weight is 264 g/mol. The second-order valence-electron chi connectivity index (χ2n) is 4.83. The van der Waals surface area contributed by atoms with Crippen molar-refractivity contribution < 1.29 is 14.7 Å². The van der Waals surface area contributed by atoms with Gasteiger partial charge in [-0.15, -0.1) is 0 Å². The van der Waals surface area contributed by atoms with Crippen molar-refractivity contribution in [2.45, 2.75) is 6.92 Å². The maximum atomic E-state index is 12.4. The predicted octanol–water partition coefficient (Wildman–Crippen LogP) is 2.90. The summed E-state index contributed by atoms with van der Waals surface area (Å²) in [5.41, 5.74) is 2.90. The molecule has 0 saturated carbocycles. The van der Waals surface area contributed by atoms with E-state index in [1.807, 2.05) is 37.3 Å². The maximum absolute atomic E-state index is 12.4. The van der Waals surface area contributed by atoms with Crippen LogP contribution in [-0.2, 0) is 0 Å². The van der Waals surface area contributed by atoms with E-state index >= 15 is 0 Å². The summed E-state index contributed by atoms with van der Waals surface area (Å²) in [4.78, 5) is 12.4. The van der Waals surface area contributed by atoms with Gasteiger partial charge in [0.05, 0.1) is 5.39 Å². The van der Waals surface area contributed by atoms with Crippen LogP contribution in [0.15, 0.2) is 60.8 Å². The number of aryl methyl sites for hydroxylation is 1. The largest absolute Gasteiger partial charge is 0.289 e. The zero-order valence-electron chi connectivity index (χ0n) is 11.1. The highest BCUT2D eigenvalue weighted by molar-refractivity contribution is 6.10. The third kappa shape index (κ3) is 2.14. The minimum atomic E-state index is -0.0153. The molecular formula is C17H14NO2+. The summed E-state index contributed by atoms with van der Waals surface area (Å²) < 4.78 is 1.08. The lowest BCUT2D eigenvalue weighted by Crippen LogP contribution is -2.30. The van der Waals surface area contributed by atoms with Crippen LogP contribution in [0.2, 0.25) is 0 Å². The SMILES string of the molecule is Cc1cc2cc(C(=O)c3ccccc3)ccc2[n+](O)c1. The van der Waals surface area contributed by atoms with E-state index in [0.717, 1.165) is 15.7 Å². The molecule has 3 aromatic rings. The van der Waals surface area contributed by atoms with Gasteiger partial charge in [0.2, 0.25) is 6.20 Å². The number of ketones is 1. The summed E-state index contributed by atoms with van der Waals surface area (Å²) in [6.07, 6.45) is 1.64. The van der Waals surface area contributed by atoms with Crippen LogP contribution in [0, 0.1) is 6.92 Å². The van der Waals surface area contributed by atoms with Crippen molar-refractivity contribution in [1.29, 1.82) is 0 Å². The van der Waals surface area contributed by atoms with Crippen molar-refractivity contribution in [3.05, 3.63) is 77.5 Å². The molecule has 98 valence electrons. The molecular weight excluding hydrogens is 250 g/mol. The van der Waals surface area contributed by atoms with E-state index in [1.54, 1.807) is 30.5 Å². The average Bonchev–Trinajstić information content (AvgIpc) is 2.46. The Hall–Kier alpha value is -2.68. The Bertz CT molecular complexity index is 795. The molecule has 0 unspecified atom stereocenters. The first-order valence-corrected chi connectivity index (χ1v) is 6.40. The number of carbonyl (C=O) groups is 1. The fraction of sp³-hybridized carbons (Fsp3) is 0.0588.